The summed E-state index contributed by atoms with van der Waals surface area (Å²) in [5.41, 5.74) is 2.67. The number of pyridine rings is 1. The van der Waals surface area contributed by atoms with Gasteiger partial charge in [-0.15, -0.1) is 0 Å². The van der Waals surface area contributed by atoms with E-state index >= 15 is 0 Å². The molecule has 2 N–H and O–H groups in total. The third-order valence-electron chi connectivity index (χ3n) is 3.65. The molecular weight excluding hydrogens is 284 g/mol. The van der Waals surface area contributed by atoms with Crippen LogP contribution < -0.4 is 5.32 Å². The number of nitrogens with one attached hydrogen (secondary N) is 1. The van der Waals surface area contributed by atoms with Crippen LogP contribution in [-0.4, -0.2) is 31.7 Å². The van der Waals surface area contributed by atoms with Crippen molar-refractivity contribution in [2.75, 3.05) is 5.32 Å². The van der Waals surface area contributed by atoms with Gasteiger partial charge in [0.15, 0.2) is 0 Å². The minimum atomic E-state index is -1.06. The SMILES string of the molecule is Cc1nn(C)c(C)c1C(C)C(=O)Nc1cc(C(=O)O)ccn1. The van der Waals surface area contributed by atoms with Gasteiger partial charge in [-0.25, -0.2) is 9.78 Å². The van der Waals surface area contributed by atoms with Crippen LogP contribution in [0.1, 0.15) is 40.2 Å². The standard InChI is InChI=1S/C15H18N4O3/c1-8(13-9(2)18-19(4)10(13)3)14(20)17-12-7-11(15(21)22)5-6-16-12/h5-8H,1-4H3,(H,21,22)(H,16,17,20). The summed E-state index contributed by atoms with van der Waals surface area (Å²) in [5.74, 6) is -1.51. The van der Waals surface area contributed by atoms with Crippen molar-refractivity contribution in [2.24, 2.45) is 7.05 Å². The van der Waals surface area contributed by atoms with Crippen LogP contribution in [0.5, 0.6) is 0 Å². The van der Waals surface area contributed by atoms with Gasteiger partial charge in [0, 0.05) is 24.5 Å². The highest BCUT2D eigenvalue weighted by Gasteiger charge is 2.23. The molecule has 2 heterocycles. The maximum absolute atomic E-state index is 12.4. The number of carbonyl (C=O) groups excluding carboxylic acids is 1. The lowest BCUT2D eigenvalue weighted by molar-refractivity contribution is -0.117. The van der Waals surface area contributed by atoms with E-state index in [1.807, 2.05) is 20.9 Å². The number of rotatable bonds is 4. The first-order chi connectivity index (χ1) is 10.3. The van der Waals surface area contributed by atoms with Gasteiger partial charge < -0.3 is 10.4 Å². The van der Waals surface area contributed by atoms with E-state index in [0.29, 0.717) is 0 Å². The van der Waals surface area contributed by atoms with Crippen molar-refractivity contribution in [3.8, 4) is 0 Å². The van der Waals surface area contributed by atoms with Gasteiger partial charge in [0.1, 0.15) is 5.82 Å². The first-order valence-electron chi connectivity index (χ1n) is 6.81. The number of aryl methyl sites for hydroxylation is 2. The number of carboxylic acid groups (broad SMARTS) is 1. The summed E-state index contributed by atoms with van der Waals surface area (Å²) in [7, 11) is 1.83. The van der Waals surface area contributed by atoms with E-state index in [2.05, 4.69) is 15.4 Å². The van der Waals surface area contributed by atoms with Crippen LogP contribution in [-0.2, 0) is 11.8 Å². The Bertz CT molecular complexity index is 736. The van der Waals surface area contributed by atoms with E-state index in [4.69, 9.17) is 5.11 Å². The predicted molar refractivity (Wildman–Crippen MR) is 80.9 cm³/mol. The molecule has 2 aromatic rings. The molecule has 1 unspecified atom stereocenters. The van der Waals surface area contributed by atoms with Crippen molar-refractivity contribution in [1.82, 2.24) is 14.8 Å². The minimum absolute atomic E-state index is 0.0756. The number of aromatic carboxylic acids is 1. The smallest absolute Gasteiger partial charge is 0.335 e. The summed E-state index contributed by atoms with van der Waals surface area (Å²) < 4.78 is 1.73. The Kier molecular flexibility index (Phi) is 4.25. The number of hydrogen-bond donors (Lipinski definition) is 2. The van der Waals surface area contributed by atoms with Gasteiger partial charge in [-0.1, -0.05) is 0 Å². The van der Waals surface area contributed by atoms with Gasteiger partial charge in [-0.2, -0.15) is 5.10 Å². The molecule has 0 aliphatic carbocycles. The van der Waals surface area contributed by atoms with Crippen molar-refractivity contribution in [3.63, 3.8) is 0 Å². The molecule has 0 bridgehead atoms. The zero-order valence-electron chi connectivity index (χ0n) is 12.9. The second kappa shape index (κ2) is 5.97. The predicted octanol–water partition coefficient (Wildman–Crippen LogP) is 1.87. The van der Waals surface area contributed by atoms with Crippen molar-refractivity contribution in [1.29, 1.82) is 0 Å². The van der Waals surface area contributed by atoms with Crippen LogP contribution in [0.15, 0.2) is 18.3 Å². The zero-order chi connectivity index (χ0) is 16.4. The van der Waals surface area contributed by atoms with Gasteiger partial charge >= 0.3 is 5.97 Å². The monoisotopic (exact) mass is 302 g/mol. The number of hydrogen-bond acceptors (Lipinski definition) is 4. The Labute approximate surface area is 128 Å². The van der Waals surface area contributed by atoms with Gasteiger partial charge in [0.05, 0.1) is 17.2 Å². The van der Waals surface area contributed by atoms with Crippen LogP contribution in [0.4, 0.5) is 5.82 Å². The Morgan fingerprint density at radius 1 is 1.36 bits per heavy atom. The Hall–Kier alpha value is -2.70. The summed E-state index contributed by atoms with van der Waals surface area (Å²) in [4.78, 5) is 27.3. The Morgan fingerprint density at radius 2 is 2.05 bits per heavy atom. The molecule has 116 valence electrons. The molecule has 1 atom stereocenters. The van der Waals surface area contributed by atoms with Crippen LogP contribution in [0, 0.1) is 13.8 Å². The highest BCUT2D eigenvalue weighted by Crippen LogP contribution is 2.24. The van der Waals surface area contributed by atoms with Gasteiger partial charge in [-0.3, -0.25) is 9.48 Å². The second-order valence-electron chi connectivity index (χ2n) is 5.15. The van der Waals surface area contributed by atoms with E-state index in [1.165, 1.54) is 18.3 Å². The summed E-state index contributed by atoms with van der Waals surface area (Å²) in [6.07, 6.45) is 1.35. The second-order valence-corrected chi connectivity index (χ2v) is 5.15. The lowest BCUT2D eigenvalue weighted by Gasteiger charge is -2.13. The molecule has 0 radical (unpaired) electrons. The Balaban J connectivity index is 2.22. The number of carbonyl (C=O) groups is 2. The molecule has 0 aliphatic heterocycles. The fraction of sp³-hybridized carbons (Fsp3) is 0.333. The van der Waals surface area contributed by atoms with Crippen LogP contribution >= 0.6 is 0 Å². The van der Waals surface area contributed by atoms with Gasteiger partial charge in [0.25, 0.3) is 0 Å². The summed E-state index contributed by atoms with van der Waals surface area (Å²) in [6, 6.07) is 2.70. The maximum atomic E-state index is 12.4. The van der Waals surface area contributed by atoms with E-state index < -0.39 is 11.9 Å². The third kappa shape index (κ3) is 2.98. The fourth-order valence-corrected chi connectivity index (χ4v) is 2.41. The molecule has 0 saturated heterocycles. The highest BCUT2D eigenvalue weighted by atomic mass is 16.4. The number of nitrogens with zero attached hydrogens (tertiary/aromatic N) is 3. The third-order valence-corrected chi connectivity index (χ3v) is 3.65. The van der Waals surface area contributed by atoms with E-state index in [9.17, 15) is 9.59 Å². The quantitative estimate of drug-likeness (QED) is 0.898. The molecule has 7 heteroatoms. The molecular formula is C15H18N4O3. The zero-order valence-corrected chi connectivity index (χ0v) is 12.9. The molecule has 0 aromatic carbocycles. The highest BCUT2D eigenvalue weighted by molar-refractivity contribution is 5.96. The largest absolute Gasteiger partial charge is 0.478 e. The topological polar surface area (TPSA) is 97.1 Å². The molecule has 0 saturated carbocycles. The minimum Gasteiger partial charge on any atom is -0.478 e. The summed E-state index contributed by atoms with van der Waals surface area (Å²) in [5, 5.41) is 15.9. The average molecular weight is 302 g/mol. The molecule has 0 aliphatic rings. The molecule has 1 amide bonds. The normalized spacial score (nSPS) is 12.0. The van der Waals surface area contributed by atoms with Gasteiger partial charge in [-0.05, 0) is 32.9 Å². The number of anilines is 1. The van der Waals surface area contributed by atoms with E-state index in [-0.39, 0.29) is 17.3 Å². The van der Waals surface area contributed by atoms with E-state index in [1.54, 1.807) is 11.6 Å². The Morgan fingerprint density at radius 3 is 2.59 bits per heavy atom. The summed E-state index contributed by atoms with van der Waals surface area (Å²) >= 11 is 0. The number of amides is 1. The van der Waals surface area contributed by atoms with Gasteiger partial charge in [0.2, 0.25) is 5.91 Å². The molecule has 7 nitrogen and oxygen atoms in total. The lowest BCUT2D eigenvalue weighted by Crippen LogP contribution is -2.20. The van der Waals surface area contributed by atoms with Crippen LogP contribution in [0.25, 0.3) is 0 Å². The van der Waals surface area contributed by atoms with Crippen LogP contribution in [0.2, 0.25) is 0 Å². The maximum Gasteiger partial charge on any atom is 0.335 e. The van der Waals surface area contributed by atoms with Crippen molar-refractivity contribution < 1.29 is 14.7 Å². The number of aromatic nitrogens is 3. The first-order valence-corrected chi connectivity index (χ1v) is 6.81. The molecule has 2 aromatic heterocycles. The first kappa shape index (κ1) is 15.7. The molecule has 2 rings (SSSR count). The van der Waals surface area contributed by atoms with Crippen LogP contribution in [0.3, 0.4) is 0 Å². The lowest BCUT2D eigenvalue weighted by atomic mass is 9.98. The average Bonchev–Trinajstić information content (AvgIpc) is 2.71. The summed E-state index contributed by atoms with van der Waals surface area (Å²) in [6.45, 7) is 5.55. The van der Waals surface area contributed by atoms with Crippen molar-refractivity contribution >= 4 is 17.7 Å². The fourth-order valence-electron chi connectivity index (χ4n) is 2.41. The molecule has 0 fully saturated rings. The molecule has 0 spiro atoms. The molecule has 22 heavy (non-hydrogen) atoms. The van der Waals surface area contributed by atoms with Crippen molar-refractivity contribution in [3.05, 3.63) is 40.8 Å². The van der Waals surface area contributed by atoms with Crippen molar-refractivity contribution in [2.45, 2.75) is 26.7 Å². The number of carboxylic acids is 1. The van der Waals surface area contributed by atoms with E-state index in [0.717, 1.165) is 17.0 Å².